The monoisotopic (exact) mass is 440 g/mol. The van der Waals surface area contributed by atoms with E-state index < -0.39 is 28.1 Å². The highest BCUT2D eigenvalue weighted by molar-refractivity contribution is 6.33. The topological polar surface area (TPSA) is 144 Å². The van der Waals surface area contributed by atoms with Gasteiger partial charge in [0.25, 0.3) is 11.4 Å². The molecule has 0 aliphatic heterocycles. The Morgan fingerprint density at radius 2 is 1.17 bits per heavy atom. The molecular weight excluding hydrogens is 427 g/mol. The first kappa shape index (κ1) is 22.1. The van der Waals surface area contributed by atoms with E-state index in [2.05, 4.69) is 10.6 Å². The Hall–Kier alpha value is -3.24. The highest BCUT2D eigenvalue weighted by Gasteiger charge is 2.15. The van der Waals surface area contributed by atoms with Gasteiger partial charge in [0.2, 0.25) is 11.8 Å². The van der Waals surface area contributed by atoms with Crippen LogP contribution in [0.2, 0.25) is 10.0 Å². The van der Waals surface area contributed by atoms with E-state index in [1.54, 1.807) is 0 Å². The van der Waals surface area contributed by atoms with Crippen molar-refractivity contribution >= 4 is 46.4 Å². The van der Waals surface area contributed by atoms with Crippen LogP contribution in [-0.2, 0) is 22.7 Å². The summed E-state index contributed by atoms with van der Waals surface area (Å²) in [4.78, 5) is 44.2. The molecule has 0 unspecified atom stereocenters. The van der Waals surface area contributed by atoms with Crippen LogP contribution in [-0.4, -0.2) is 21.7 Å². The number of carbonyl (C=O) groups excluding carboxylic acids is 2. The predicted molar refractivity (Wildman–Crippen MR) is 105 cm³/mol. The number of rotatable bonds is 8. The SMILES string of the molecule is O=C(CC(=O)NCc1ccc(Cl)c([N+](=O)[O-])c1)NCc1ccc(Cl)c([N+](=O)[O-])c1. The fraction of sp³-hybridized carbons (Fsp3) is 0.176. The fourth-order valence-corrected chi connectivity index (χ4v) is 2.66. The summed E-state index contributed by atoms with van der Waals surface area (Å²) in [5.41, 5.74) is 0.327. The molecule has 0 radical (unpaired) electrons. The molecule has 0 aliphatic rings. The first-order valence-corrected chi connectivity index (χ1v) is 8.82. The Kier molecular flexibility index (Phi) is 7.46. The van der Waals surface area contributed by atoms with Gasteiger partial charge in [-0.15, -0.1) is 0 Å². The van der Waals surface area contributed by atoms with E-state index in [0.717, 1.165) is 0 Å². The van der Waals surface area contributed by atoms with Crippen molar-refractivity contribution < 1.29 is 19.4 Å². The molecule has 0 atom stereocenters. The molecule has 10 nitrogen and oxygen atoms in total. The largest absolute Gasteiger partial charge is 0.352 e. The lowest BCUT2D eigenvalue weighted by Gasteiger charge is -2.08. The van der Waals surface area contributed by atoms with Gasteiger partial charge in [-0.1, -0.05) is 35.3 Å². The Morgan fingerprint density at radius 1 is 0.793 bits per heavy atom. The van der Waals surface area contributed by atoms with E-state index in [4.69, 9.17) is 23.2 Å². The van der Waals surface area contributed by atoms with Crippen LogP contribution in [0.1, 0.15) is 17.5 Å². The Labute approximate surface area is 174 Å². The number of amides is 2. The third-order valence-electron chi connectivity index (χ3n) is 3.71. The molecule has 0 bridgehead atoms. The third-order valence-corrected chi connectivity index (χ3v) is 4.35. The van der Waals surface area contributed by atoms with Gasteiger partial charge in [0.15, 0.2) is 0 Å². The summed E-state index contributed by atoms with van der Waals surface area (Å²) in [7, 11) is 0. The summed E-state index contributed by atoms with van der Waals surface area (Å²) < 4.78 is 0. The fourth-order valence-electron chi connectivity index (χ4n) is 2.29. The quantitative estimate of drug-likeness (QED) is 0.366. The predicted octanol–water partition coefficient (Wildman–Crippen LogP) is 3.13. The number of carbonyl (C=O) groups is 2. The van der Waals surface area contributed by atoms with Gasteiger partial charge in [0.1, 0.15) is 16.5 Å². The van der Waals surface area contributed by atoms with Crippen LogP contribution in [0.25, 0.3) is 0 Å². The lowest BCUT2D eigenvalue weighted by atomic mass is 10.2. The average Bonchev–Trinajstić information content (AvgIpc) is 2.66. The van der Waals surface area contributed by atoms with Gasteiger partial charge >= 0.3 is 0 Å². The smallest absolute Gasteiger partial charge is 0.288 e. The normalized spacial score (nSPS) is 10.3. The molecule has 0 aromatic heterocycles. The van der Waals surface area contributed by atoms with E-state index in [1.807, 2.05) is 0 Å². The van der Waals surface area contributed by atoms with Crippen molar-refractivity contribution in [3.05, 3.63) is 77.8 Å². The van der Waals surface area contributed by atoms with Crippen LogP contribution < -0.4 is 10.6 Å². The zero-order valence-corrected chi connectivity index (χ0v) is 16.2. The lowest BCUT2D eigenvalue weighted by molar-refractivity contribution is -0.384. The Morgan fingerprint density at radius 3 is 1.52 bits per heavy atom. The van der Waals surface area contributed by atoms with E-state index in [1.165, 1.54) is 36.4 Å². The molecule has 2 amide bonds. The number of nitrogens with one attached hydrogen (secondary N) is 2. The molecule has 0 saturated carbocycles. The number of hydrogen-bond donors (Lipinski definition) is 2. The average molecular weight is 441 g/mol. The number of benzene rings is 2. The maximum absolute atomic E-state index is 11.9. The maximum Gasteiger partial charge on any atom is 0.288 e. The van der Waals surface area contributed by atoms with Crippen LogP contribution in [0.15, 0.2) is 36.4 Å². The number of hydrogen-bond acceptors (Lipinski definition) is 6. The molecule has 0 spiro atoms. The molecule has 2 rings (SSSR count). The first-order chi connectivity index (χ1) is 13.7. The highest BCUT2D eigenvalue weighted by atomic mass is 35.5. The summed E-state index contributed by atoms with van der Waals surface area (Å²) in [6.07, 6.45) is -0.481. The number of halogens is 2. The van der Waals surface area contributed by atoms with Crippen molar-refractivity contribution in [2.45, 2.75) is 19.5 Å². The van der Waals surface area contributed by atoms with Crippen molar-refractivity contribution in [3.8, 4) is 0 Å². The van der Waals surface area contributed by atoms with E-state index in [0.29, 0.717) is 11.1 Å². The molecule has 2 aromatic rings. The summed E-state index contributed by atoms with van der Waals surface area (Å²) >= 11 is 11.4. The van der Waals surface area contributed by atoms with Crippen LogP contribution in [0.3, 0.4) is 0 Å². The molecule has 0 fully saturated rings. The Balaban J connectivity index is 1.85. The van der Waals surface area contributed by atoms with Crippen LogP contribution in [0.4, 0.5) is 11.4 Å². The zero-order chi connectivity index (χ0) is 21.6. The molecular formula is C17H14Cl2N4O6. The molecule has 29 heavy (non-hydrogen) atoms. The van der Waals surface area contributed by atoms with Crippen molar-refractivity contribution in [2.75, 3.05) is 0 Å². The van der Waals surface area contributed by atoms with Gasteiger partial charge < -0.3 is 10.6 Å². The molecule has 0 aliphatic carbocycles. The first-order valence-electron chi connectivity index (χ1n) is 8.06. The third kappa shape index (κ3) is 6.40. The minimum absolute atomic E-state index is 0.0203. The minimum Gasteiger partial charge on any atom is -0.352 e. The second-order valence-corrected chi connectivity index (χ2v) is 6.63. The van der Waals surface area contributed by atoms with E-state index in [9.17, 15) is 29.8 Å². The van der Waals surface area contributed by atoms with Crippen molar-refractivity contribution in [3.63, 3.8) is 0 Å². The van der Waals surface area contributed by atoms with E-state index >= 15 is 0 Å². The van der Waals surface area contributed by atoms with Crippen molar-refractivity contribution in [1.29, 1.82) is 0 Å². The van der Waals surface area contributed by atoms with Crippen LogP contribution >= 0.6 is 23.2 Å². The number of nitrogens with zero attached hydrogens (tertiary/aromatic N) is 2. The Bertz CT molecular complexity index is 905. The summed E-state index contributed by atoms with van der Waals surface area (Å²) in [6, 6.07) is 8.19. The zero-order valence-electron chi connectivity index (χ0n) is 14.7. The molecule has 0 saturated heterocycles. The molecule has 152 valence electrons. The summed E-state index contributed by atoms with van der Waals surface area (Å²) in [5, 5.41) is 26.6. The van der Waals surface area contributed by atoms with Gasteiger partial charge in [-0.05, 0) is 23.3 Å². The number of nitro groups is 2. The second kappa shape index (κ2) is 9.80. The van der Waals surface area contributed by atoms with Crippen LogP contribution in [0.5, 0.6) is 0 Å². The van der Waals surface area contributed by atoms with Gasteiger partial charge in [0, 0.05) is 25.2 Å². The van der Waals surface area contributed by atoms with Gasteiger partial charge in [-0.3, -0.25) is 29.8 Å². The summed E-state index contributed by atoms with van der Waals surface area (Å²) in [6.45, 7) is -0.0407. The maximum atomic E-state index is 11.9. The van der Waals surface area contributed by atoms with Gasteiger partial charge in [0.05, 0.1) is 9.85 Å². The minimum atomic E-state index is -0.637. The molecule has 2 aromatic carbocycles. The molecule has 2 N–H and O–H groups in total. The van der Waals surface area contributed by atoms with Gasteiger partial charge in [-0.25, -0.2) is 0 Å². The number of nitro benzene ring substituents is 2. The van der Waals surface area contributed by atoms with Crippen molar-refractivity contribution in [1.82, 2.24) is 10.6 Å². The molecule has 12 heteroatoms. The lowest BCUT2D eigenvalue weighted by Crippen LogP contribution is -2.31. The van der Waals surface area contributed by atoms with E-state index in [-0.39, 0.29) is 34.5 Å². The standard InChI is InChI=1S/C17H14Cl2N4O6/c18-12-3-1-10(5-14(12)22(26)27)8-20-16(24)7-17(25)21-9-11-2-4-13(19)15(6-11)23(28)29/h1-6H,7-9H2,(H,20,24)(H,21,25). The second-order valence-electron chi connectivity index (χ2n) is 5.82. The van der Waals surface area contributed by atoms with Gasteiger partial charge in [-0.2, -0.15) is 0 Å². The molecule has 0 heterocycles. The highest BCUT2D eigenvalue weighted by Crippen LogP contribution is 2.25. The summed E-state index contributed by atoms with van der Waals surface area (Å²) in [5.74, 6) is -1.19. The van der Waals surface area contributed by atoms with Crippen LogP contribution in [0, 0.1) is 20.2 Å². The van der Waals surface area contributed by atoms with Crippen molar-refractivity contribution in [2.24, 2.45) is 0 Å².